The smallest absolute Gasteiger partial charge is 0.431 e. The maximum absolute atomic E-state index is 11.3. The molecule has 0 amide bonds. The van der Waals surface area contributed by atoms with Crippen LogP contribution in [0.5, 0.6) is 0 Å². The van der Waals surface area contributed by atoms with Gasteiger partial charge in [-0.2, -0.15) is 0 Å². The van der Waals surface area contributed by atoms with Crippen LogP contribution in [0.15, 0.2) is 0 Å². The van der Waals surface area contributed by atoms with E-state index < -0.39 is 17.9 Å². The van der Waals surface area contributed by atoms with Crippen molar-refractivity contribution in [3.8, 4) is 12.3 Å². The predicted molar refractivity (Wildman–Crippen MR) is 64.9 cm³/mol. The largest absolute Gasteiger partial charge is 0.508 e. The number of rotatable bonds is 3. The number of terminal acetylenes is 1. The Balaban J connectivity index is 2.27. The maximum atomic E-state index is 11.3. The van der Waals surface area contributed by atoms with E-state index in [9.17, 15) is 9.90 Å². The monoisotopic (exact) mass is 256 g/mol. The molecule has 0 aromatic carbocycles. The number of carbonyl (C=O) groups is 1. The summed E-state index contributed by atoms with van der Waals surface area (Å²) in [5.41, 5.74) is -0.611. The fraction of sp³-hybridized carbons (Fsp3) is 0.769. The van der Waals surface area contributed by atoms with Gasteiger partial charge in [0.25, 0.3) is 0 Å². The Bertz CT molecular complexity index is 325. The minimum atomic E-state index is -0.879. The van der Waals surface area contributed by atoms with Crippen LogP contribution in [0.25, 0.3) is 0 Å². The van der Waals surface area contributed by atoms with Crippen LogP contribution in [-0.2, 0) is 14.2 Å². The van der Waals surface area contributed by atoms with Gasteiger partial charge in [0.05, 0.1) is 6.10 Å². The molecule has 1 N–H and O–H groups in total. The number of aliphatic hydroxyl groups is 1. The highest BCUT2D eigenvalue weighted by atomic mass is 16.7. The second-order valence-electron chi connectivity index (χ2n) is 5.25. The van der Waals surface area contributed by atoms with Gasteiger partial charge in [-0.05, 0) is 33.6 Å². The number of hydrogen-bond donors (Lipinski definition) is 1. The normalized spacial score (nSPS) is 25.3. The van der Waals surface area contributed by atoms with Crippen LogP contribution >= 0.6 is 0 Å². The lowest BCUT2D eigenvalue weighted by Crippen LogP contribution is -2.33. The van der Waals surface area contributed by atoms with E-state index in [0.717, 1.165) is 0 Å². The van der Waals surface area contributed by atoms with Gasteiger partial charge in [-0.3, -0.25) is 0 Å². The van der Waals surface area contributed by atoms with Crippen molar-refractivity contribution in [1.29, 1.82) is 0 Å². The zero-order valence-corrected chi connectivity index (χ0v) is 11.0. The highest BCUT2D eigenvalue weighted by molar-refractivity contribution is 5.60. The third kappa shape index (κ3) is 4.94. The molecule has 0 aliphatic carbocycles. The van der Waals surface area contributed by atoms with Crippen LogP contribution in [0.2, 0.25) is 0 Å². The van der Waals surface area contributed by atoms with E-state index in [-0.39, 0.29) is 18.8 Å². The number of hydrogen-bond acceptors (Lipinski definition) is 5. The number of carbonyl (C=O) groups excluding carboxylic acids is 1. The summed E-state index contributed by atoms with van der Waals surface area (Å²) in [5, 5.41) is 9.78. The quantitative estimate of drug-likeness (QED) is 0.612. The average molecular weight is 256 g/mol. The summed E-state index contributed by atoms with van der Waals surface area (Å²) in [6, 6.07) is 0. The van der Waals surface area contributed by atoms with E-state index in [0.29, 0.717) is 12.8 Å². The molecule has 1 fully saturated rings. The van der Waals surface area contributed by atoms with E-state index >= 15 is 0 Å². The summed E-state index contributed by atoms with van der Waals surface area (Å²) in [7, 11) is 0. The Morgan fingerprint density at radius 2 is 2.22 bits per heavy atom. The topological polar surface area (TPSA) is 65.0 Å². The molecule has 1 rings (SSSR count). The molecule has 0 spiro atoms. The molecule has 0 radical (unpaired) electrons. The second kappa shape index (κ2) is 6.07. The summed E-state index contributed by atoms with van der Waals surface area (Å²) < 4.78 is 15.2. The lowest BCUT2D eigenvalue weighted by Gasteiger charge is -2.21. The molecule has 5 nitrogen and oxygen atoms in total. The highest BCUT2D eigenvalue weighted by Gasteiger charge is 2.30. The van der Waals surface area contributed by atoms with Gasteiger partial charge in [0, 0.05) is 0 Å². The Labute approximate surface area is 107 Å². The van der Waals surface area contributed by atoms with Gasteiger partial charge in [-0.1, -0.05) is 5.92 Å². The Kier molecular flexibility index (Phi) is 5.00. The fourth-order valence-corrected chi connectivity index (χ4v) is 1.61. The van der Waals surface area contributed by atoms with Crippen LogP contribution < -0.4 is 0 Å². The van der Waals surface area contributed by atoms with Crippen LogP contribution in [-0.4, -0.2) is 41.8 Å². The van der Waals surface area contributed by atoms with Crippen LogP contribution in [0.1, 0.15) is 33.6 Å². The molecule has 5 heteroatoms. The van der Waals surface area contributed by atoms with Crippen molar-refractivity contribution >= 4 is 6.16 Å². The molecule has 1 heterocycles. The Morgan fingerprint density at radius 1 is 1.56 bits per heavy atom. The molecule has 0 aromatic heterocycles. The number of aliphatic hydroxyl groups excluding tert-OH is 1. The van der Waals surface area contributed by atoms with E-state index in [1.165, 1.54) is 0 Å². The van der Waals surface area contributed by atoms with Gasteiger partial charge in [-0.25, -0.2) is 4.79 Å². The molecule has 18 heavy (non-hydrogen) atoms. The predicted octanol–water partition coefficient (Wildman–Crippen LogP) is 1.48. The molecular weight excluding hydrogens is 236 g/mol. The highest BCUT2D eigenvalue weighted by Crippen LogP contribution is 2.22. The summed E-state index contributed by atoms with van der Waals surface area (Å²) in [4.78, 5) is 11.3. The van der Waals surface area contributed by atoms with E-state index in [1.807, 2.05) is 0 Å². The summed E-state index contributed by atoms with van der Waals surface area (Å²) in [5.74, 6) is 2.48. The zero-order valence-electron chi connectivity index (χ0n) is 11.0. The van der Waals surface area contributed by atoms with Crippen LogP contribution in [0.3, 0.4) is 0 Å². The van der Waals surface area contributed by atoms with Crippen molar-refractivity contribution < 1.29 is 24.1 Å². The maximum Gasteiger partial charge on any atom is 0.508 e. The first-order valence-electron chi connectivity index (χ1n) is 5.97. The fourth-order valence-electron chi connectivity index (χ4n) is 1.61. The van der Waals surface area contributed by atoms with Gasteiger partial charge in [-0.15, -0.1) is 6.42 Å². The summed E-state index contributed by atoms with van der Waals surface area (Å²) in [6.45, 7) is 5.06. The van der Waals surface area contributed by atoms with Crippen molar-refractivity contribution in [2.24, 2.45) is 0 Å². The molecule has 1 saturated heterocycles. The van der Waals surface area contributed by atoms with Crippen LogP contribution in [0.4, 0.5) is 4.79 Å². The SMILES string of the molecule is C#C[C@@H]1CC[C@@H]([C@H](O)COC(=O)OC(C)(C)C)O1. The average Bonchev–Trinajstić information content (AvgIpc) is 2.72. The molecule has 1 aliphatic heterocycles. The van der Waals surface area contributed by atoms with Crippen molar-refractivity contribution in [2.75, 3.05) is 6.61 Å². The number of ether oxygens (including phenoxy) is 3. The standard InChI is InChI=1S/C13H20O5/c1-5-9-6-7-11(17-9)10(14)8-16-12(15)18-13(2,3)4/h1,9-11,14H,6-8H2,2-4H3/t9-,10-,11+/m1/s1. The summed E-state index contributed by atoms with van der Waals surface area (Å²) >= 11 is 0. The van der Waals surface area contributed by atoms with Crippen molar-refractivity contribution in [3.05, 3.63) is 0 Å². The van der Waals surface area contributed by atoms with E-state index in [4.69, 9.17) is 20.6 Å². The molecule has 1 aliphatic rings. The first kappa shape index (κ1) is 14.8. The van der Waals surface area contributed by atoms with Gasteiger partial charge < -0.3 is 19.3 Å². The molecule has 102 valence electrons. The lowest BCUT2D eigenvalue weighted by molar-refractivity contribution is -0.0649. The first-order chi connectivity index (χ1) is 8.31. The van der Waals surface area contributed by atoms with Crippen LogP contribution in [0, 0.1) is 12.3 Å². The third-order valence-corrected chi connectivity index (χ3v) is 2.43. The molecule has 0 aromatic rings. The van der Waals surface area contributed by atoms with E-state index in [2.05, 4.69) is 5.92 Å². The zero-order chi connectivity index (χ0) is 13.8. The molecular formula is C13H20O5. The van der Waals surface area contributed by atoms with E-state index in [1.54, 1.807) is 20.8 Å². The van der Waals surface area contributed by atoms with Crippen molar-refractivity contribution in [1.82, 2.24) is 0 Å². The van der Waals surface area contributed by atoms with Gasteiger partial charge in [0.15, 0.2) is 0 Å². The minimum absolute atomic E-state index is 0.156. The Morgan fingerprint density at radius 3 is 2.72 bits per heavy atom. The molecule has 0 saturated carbocycles. The summed E-state index contributed by atoms with van der Waals surface area (Å²) in [6.07, 6.45) is 4.28. The van der Waals surface area contributed by atoms with Gasteiger partial charge in [0.1, 0.15) is 24.4 Å². The minimum Gasteiger partial charge on any atom is -0.431 e. The van der Waals surface area contributed by atoms with Crippen molar-refractivity contribution in [2.45, 2.75) is 57.5 Å². The molecule has 3 atom stereocenters. The van der Waals surface area contributed by atoms with Gasteiger partial charge >= 0.3 is 6.16 Å². The van der Waals surface area contributed by atoms with Gasteiger partial charge in [0.2, 0.25) is 0 Å². The third-order valence-electron chi connectivity index (χ3n) is 2.43. The first-order valence-corrected chi connectivity index (χ1v) is 5.97. The van der Waals surface area contributed by atoms with Crippen molar-refractivity contribution in [3.63, 3.8) is 0 Å². The molecule has 0 unspecified atom stereocenters. The second-order valence-corrected chi connectivity index (χ2v) is 5.25. The lowest BCUT2D eigenvalue weighted by atomic mass is 10.1. The molecule has 0 bridgehead atoms. The Hall–Kier alpha value is -1.25.